The van der Waals surface area contributed by atoms with Gasteiger partial charge in [-0.25, -0.2) is 9.37 Å². The number of aromatic nitrogens is 2. The molecule has 3 aliphatic rings. The van der Waals surface area contributed by atoms with E-state index >= 15 is 0 Å². The molecule has 0 atom stereocenters. The Balaban J connectivity index is 1.18. The number of benzene rings is 2. The van der Waals surface area contributed by atoms with Crippen LogP contribution in [0, 0.1) is 22.6 Å². The van der Waals surface area contributed by atoms with Gasteiger partial charge in [-0.1, -0.05) is 33.1 Å². The Bertz CT molecular complexity index is 1510. The van der Waals surface area contributed by atoms with Gasteiger partial charge in [0, 0.05) is 17.3 Å². The van der Waals surface area contributed by atoms with Crippen LogP contribution in [0.25, 0.3) is 10.9 Å². The summed E-state index contributed by atoms with van der Waals surface area (Å²) in [5, 5.41) is 10.5. The predicted molar refractivity (Wildman–Crippen MR) is 162 cm³/mol. The van der Waals surface area contributed by atoms with Crippen LogP contribution in [0.1, 0.15) is 83.2 Å². The molecule has 2 aromatic carbocycles. The molecule has 1 spiro atoms. The van der Waals surface area contributed by atoms with E-state index in [1.165, 1.54) is 82.1 Å². The minimum Gasteiger partial charge on any atom is -0.453 e. The maximum absolute atomic E-state index is 14.8. The third-order valence-corrected chi connectivity index (χ3v) is 10.1. The molecular formula is C32H38FN5O2S. The number of rotatable bonds is 7. The Labute approximate surface area is 245 Å². The molecule has 2 aliphatic carbocycles. The summed E-state index contributed by atoms with van der Waals surface area (Å²) in [6.45, 7) is 6.39. The molecule has 7 nitrogen and oxygen atoms in total. The van der Waals surface area contributed by atoms with Crippen molar-refractivity contribution in [3.05, 3.63) is 58.4 Å². The van der Waals surface area contributed by atoms with E-state index in [1.54, 1.807) is 29.1 Å². The summed E-state index contributed by atoms with van der Waals surface area (Å²) in [6.07, 6.45) is 13.0. The number of hydrogen-bond donors (Lipinski definition) is 1. The molecule has 0 bridgehead atoms. The van der Waals surface area contributed by atoms with E-state index in [4.69, 9.17) is 4.74 Å². The number of hydrogen-bond acceptors (Lipinski definition) is 7. The molecule has 1 aromatic heterocycles. The quantitative estimate of drug-likeness (QED) is 0.294. The van der Waals surface area contributed by atoms with Crippen molar-refractivity contribution in [3.8, 4) is 17.6 Å². The molecule has 3 aromatic rings. The molecule has 1 N–H and O–H groups in total. The van der Waals surface area contributed by atoms with Gasteiger partial charge in [0.05, 0.1) is 22.9 Å². The summed E-state index contributed by atoms with van der Waals surface area (Å²) in [7, 11) is 0. The summed E-state index contributed by atoms with van der Waals surface area (Å²) >= 11 is 1.43. The lowest BCUT2D eigenvalue weighted by Crippen LogP contribution is -2.51. The van der Waals surface area contributed by atoms with Crippen LogP contribution in [0.4, 0.5) is 10.1 Å². The Kier molecular flexibility index (Phi) is 7.97. The summed E-state index contributed by atoms with van der Waals surface area (Å²) in [6, 6.07) is 10.8. The average Bonchev–Trinajstić information content (AvgIpc) is 2.97. The molecule has 3 fully saturated rings. The fourth-order valence-corrected chi connectivity index (χ4v) is 7.48. The van der Waals surface area contributed by atoms with Gasteiger partial charge in [-0.05, 0) is 99.3 Å². The van der Waals surface area contributed by atoms with E-state index in [2.05, 4.69) is 20.7 Å². The highest BCUT2D eigenvalue weighted by Crippen LogP contribution is 2.54. The maximum Gasteiger partial charge on any atom is 0.261 e. The highest BCUT2D eigenvalue weighted by atomic mass is 32.2. The van der Waals surface area contributed by atoms with Crippen LogP contribution in [0.15, 0.2) is 41.5 Å². The smallest absolute Gasteiger partial charge is 0.261 e. The van der Waals surface area contributed by atoms with Gasteiger partial charge in [0.2, 0.25) is 0 Å². The molecule has 2 heterocycles. The van der Waals surface area contributed by atoms with Gasteiger partial charge in [0.15, 0.2) is 11.6 Å². The fraction of sp³-hybridized carbons (Fsp3) is 0.531. The van der Waals surface area contributed by atoms with Crippen molar-refractivity contribution in [2.45, 2.75) is 89.0 Å². The number of nitrogens with one attached hydrogen (secondary N) is 1. The van der Waals surface area contributed by atoms with Gasteiger partial charge in [0.25, 0.3) is 5.56 Å². The van der Waals surface area contributed by atoms with E-state index in [-0.39, 0.29) is 28.2 Å². The van der Waals surface area contributed by atoms with Crippen LogP contribution in [0.5, 0.6) is 11.5 Å². The minimum atomic E-state index is -0.639. The summed E-state index contributed by atoms with van der Waals surface area (Å²) in [5.74, 6) is -0.510. The van der Waals surface area contributed by atoms with Crippen LogP contribution < -0.4 is 15.0 Å². The number of anilines is 1. The second-order valence-electron chi connectivity index (χ2n) is 12.3. The second kappa shape index (κ2) is 11.7. The van der Waals surface area contributed by atoms with Crippen molar-refractivity contribution in [3.63, 3.8) is 0 Å². The SMILES string of the molecule is CC(C)SNc1ccc(F)c(Oc2ccc3ncn(C4CC5(CCN(C6CCCCC6)CC5)C4)c(=O)c3c2)c1C#N. The van der Waals surface area contributed by atoms with Crippen molar-refractivity contribution in [1.29, 1.82) is 5.26 Å². The largest absolute Gasteiger partial charge is 0.453 e. The molecule has 0 unspecified atom stereocenters. The molecule has 2 saturated carbocycles. The topological polar surface area (TPSA) is 83.2 Å². The Morgan fingerprint density at radius 2 is 1.88 bits per heavy atom. The van der Waals surface area contributed by atoms with E-state index < -0.39 is 5.82 Å². The first kappa shape index (κ1) is 28.0. The monoisotopic (exact) mass is 575 g/mol. The van der Waals surface area contributed by atoms with Gasteiger partial charge >= 0.3 is 0 Å². The lowest BCUT2D eigenvalue weighted by atomic mass is 9.60. The number of ether oxygens (including phenoxy) is 1. The van der Waals surface area contributed by atoms with Crippen molar-refractivity contribution >= 4 is 28.5 Å². The van der Waals surface area contributed by atoms with Crippen molar-refractivity contribution < 1.29 is 9.13 Å². The van der Waals surface area contributed by atoms with Crippen LogP contribution in [0.2, 0.25) is 0 Å². The van der Waals surface area contributed by atoms with Crippen molar-refractivity contribution in [2.75, 3.05) is 17.8 Å². The van der Waals surface area contributed by atoms with Gasteiger partial charge in [-0.3, -0.25) is 9.36 Å². The molecular weight excluding hydrogens is 537 g/mol. The molecule has 0 amide bonds. The Morgan fingerprint density at radius 1 is 1.12 bits per heavy atom. The number of halogens is 1. The third-order valence-electron chi connectivity index (χ3n) is 9.28. The number of likely N-dealkylation sites (tertiary alicyclic amines) is 1. The molecule has 6 rings (SSSR count). The van der Waals surface area contributed by atoms with Crippen LogP contribution in [-0.4, -0.2) is 38.8 Å². The maximum atomic E-state index is 14.8. The third kappa shape index (κ3) is 5.69. The van der Waals surface area contributed by atoms with E-state index in [9.17, 15) is 14.4 Å². The summed E-state index contributed by atoms with van der Waals surface area (Å²) < 4.78 is 25.6. The Hall–Kier alpha value is -3.09. The molecule has 41 heavy (non-hydrogen) atoms. The van der Waals surface area contributed by atoms with Crippen LogP contribution in [0.3, 0.4) is 0 Å². The molecule has 1 saturated heterocycles. The van der Waals surface area contributed by atoms with E-state index in [1.807, 2.05) is 13.8 Å². The highest BCUT2D eigenvalue weighted by Gasteiger charge is 2.47. The average molecular weight is 576 g/mol. The summed E-state index contributed by atoms with van der Waals surface area (Å²) in [4.78, 5) is 20.9. The molecule has 0 radical (unpaired) electrons. The predicted octanol–water partition coefficient (Wildman–Crippen LogP) is 7.42. The van der Waals surface area contributed by atoms with Gasteiger partial charge < -0.3 is 14.4 Å². The zero-order chi connectivity index (χ0) is 28.6. The Morgan fingerprint density at radius 3 is 2.59 bits per heavy atom. The number of nitrogens with zero attached hydrogens (tertiary/aromatic N) is 4. The van der Waals surface area contributed by atoms with Gasteiger partial charge in [-0.2, -0.15) is 5.26 Å². The van der Waals surface area contributed by atoms with Crippen molar-refractivity contribution in [1.82, 2.24) is 14.5 Å². The van der Waals surface area contributed by atoms with Crippen LogP contribution in [-0.2, 0) is 0 Å². The number of nitriles is 1. The van der Waals surface area contributed by atoms with E-state index in [0.717, 1.165) is 18.9 Å². The first-order valence-electron chi connectivity index (χ1n) is 14.9. The second-order valence-corrected chi connectivity index (χ2v) is 13.7. The van der Waals surface area contributed by atoms with E-state index in [0.29, 0.717) is 27.8 Å². The van der Waals surface area contributed by atoms with Gasteiger partial charge in [-0.15, -0.1) is 0 Å². The summed E-state index contributed by atoms with van der Waals surface area (Å²) in [5.41, 5.74) is 1.36. The lowest BCUT2D eigenvalue weighted by molar-refractivity contribution is -0.0240. The normalized spacial score (nSPS) is 19.8. The first-order chi connectivity index (χ1) is 19.9. The fourth-order valence-electron chi connectivity index (χ4n) is 6.95. The van der Waals surface area contributed by atoms with Crippen molar-refractivity contribution in [2.24, 2.45) is 5.41 Å². The number of fused-ring (bicyclic) bond motifs is 1. The first-order valence-corrected chi connectivity index (χ1v) is 15.8. The zero-order valence-corrected chi connectivity index (χ0v) is 24.7. The van der Waals surface area contributed by atoms with Gasteiger partial charge in [0.1, 0.15) is 17.4 Å². The standard InChI is InChI=1S/C32H38FN5O2S/c1-21(2)41-36-29-11-9-27(33)30(26(29)19-34)40-24-8-10-28-25(16-24)31(39)38(20-35-28)23-17-32(18-23)12-14-37(15-13-32)22-6-4-3-5-7-22/h8-11,16,20-23,36H,3-7,12-15,17-18H2,1-2H3. The molecule has 9 heteroatoms. The molecule has 1 aliphatic heterocycles. The molecule has 216 valence electrons. The van der Waals surface area contributed by atoms with Crippen LogP contribution >= 0.6 is 11.9 Å². The lowest BCUT2D eigenvalue weighted by Gasteiger charge is -2.53. The highest BCUT2D eigenvalue weighted by molar-refractivity contribution is 8.01. The zero-order valence-electron chi connectivity index (χ0n) is 23.9. The number of piperidine rings is 1. The minimum absolute atomic E-state index is 0.0798.